The average molecular weight is 266 g/mol. The molecule has 1 heterocycles. The summed E-state index contributed by atoms with van der Waals surface area (Å²) in [4.78, 5) is 2.53. The number of morpholine rings is 1. The Morgan fingerprint density at radius 3 is 2.74 bits per heavy atom. The van der Waals surface area contributed by atoms with Crippen LogP contribution in [0.4, 0.5) is 0 Å². The first-order chi connectivity index (χ1) is 9.31. The molecule has 3 nitrogen and oxygen atoms in total. The summed E-state index contributed by atoms with van der Waals surface area (Å²) < 4.78 is 5.40. The standard InChI is InChI=1S/C16H30N2O/c1-13(12-18-6-8-19-9-7-18)17-5-4-16-11-14-2-3-15(16)10-14/h13-17H,2-12H2,1H3. The summed E-state index contributed by atoms with van der Waals surface area (Å²) in [6.07, 6.45) is 7.55. The van der Waals surface area contributed by atoms with Crippen molar-refractivity contribution in [3.8, 4) is 0 Å². The van der Waals surface area contributed by atoms with E-state index in [4.69, 9.17) is 4.74 Å². The zero-order chi connectivity index (χ0) is 13.1. The van der Waals surface area contributed by atoms with Gasteiger partial charge in [-0.1, -0.05) is 6.42 Å². The molecule has 0 aromatic heterocycles. The first-order valence-electron chi connectivity index (χ1n) is 8.34. The highest BCUT2D eigenvalue weighted by Crippen LogP contribution is 2.49. The fourth-order valence-corrected chi connectivity index (χ4v) is 4.48. The van der Waals surface area contributed by atoms with E-state index in [1.807, 2.05) is 0 Å². The number of fused-ring (bicyclic) bond motifs is 2. The first-order valence-corrected chi connectivity index (χ1v) is 8.34. The highest BCUT2D eigenvalue weighted by molar-refractivity contribution is 4.90. The molecule has 19 heavy (non-hydrogen) atoms. The molecule has 2 aliphatic carbocycles. The maximum absolute atomic E-state index is 5.40. The van der Waals surface area contributed by atoms with Gasteiger partial charge >= 0.3 is 0 Å². The minimum Gasteiger partial charge on any atom is -0.379 e. The molecule has 2 saturated carbocycles. The van der Waals surface area contributed by atoms with Crippen molar-refractivity contribution in [3.05, 3.63) is 0 Å². The number of ether oxygens (including phenoxy) is 1. The Labute approximate surface area is 118 Å². The van der Waals surface area contributed by atoms with E-state index in [2.05, 4.69) is 17.1 Å². The molecule has 1 aliphatic heterocycles. The fraction of sp³-hybridized carbons (Fsp3) is 1.00. The van der Waals surface area contributed by atoms with Crippen LogP contribution in [0.25, 0.3) is 0 Å². The number of rotatable bonds is 6. The fourth-order valence-electron chi connectivity index (χ4n) is 4.48. The van der Waals surface area contributed by atoms with Crippen LogP contribution in [-0.2, 0) is 4.74 Å². The second-order valence-corrected chi connectivity index (χ2v) is 6.99. The highest BCUT2D eigenvalue weighted by Gasteiger charge is 2.38. The summed E-state index contributed by atoms with van der Waals surface area (Å²) in [6, 6.07) is 0.622. The Balaban J connectivity index is 1.29. The van der Waals surface area contributed by atoms with Crippen LogP contribution >= 0.6 is 0 Å². The second-order valence-electron chi connectivity index (χ2n) is 6.99. The van der Waals surface area contributed by atoms with Gasteiger partial charge in [0.2, 0.25) is 0 Å². The van der Waals surface area contributed by atoms with E-state index in [9.17, 15) is 0 Å². The third-order valence-electron chi connectivity index (χ3n) is 5.53. The highest BCUT2D eigenvalue weighted by atomic mass is 16.5. The van der Waals surface area contributed by atoms with Crippen LogP contribution in [0, 0.1) is 17.8 Å². The molecule has 4 unspecified atom stereocenters. The maximum Gasteiger partial charge on any atom is 0.0594 e. The van der Waals surface area contributed by atoms with E-state index >= 15 is 0 Å². The number of nitrogens with one attached hydrogen (secondary N) is 1. The molecular formula is C16H30N2O. The van der Waals surface area contributed by atoms with Crippen molar-refractivity contribution in [3.63, 3.8) is 0 Å². The van der Waals surface area contributed by atoms with Gasteiger partial charge in [0.1, 0.15) is 0 Å². The van der Waals surface area contributed by atoms with Gasteiger partial charge in [-0.15, -0.1) is 0 Å². The average Bonchev–Trinajstić information content (AvgIpc) is 3.02. The molecule has 1 N–H and O–H groups in total. The molecule has 4 atom stereocenters. The third kappa shape index (κ3) is 3.71. The van der Waals surface area contributed by atoms with Crippen molar-refractivity contribution in [2.24, 2.45) is 17.8 Å². The molecule has 0 spiro atoms. The van der Waals surface area contributed by atoms with Crippen molar-refractivity contribution < 1.29 is 4.74 Å². The quantitative estimate of drug-likeness (QED) is 0.797. The Morgan fingerprint density at radius 2 is 2.05 bits per heavy atom. The van der Waals surface area contributed by atoms with E-state index in [1.54, 1.807) is 6.42 Å². The lowest BCUT2D eigenvalue weighted by atomic mass is 9.86. The molecule has 1 saturated heterocycles. The van der Waals surface area contributed by atoms with Crippen molar-refractivity contribution in [1.82, 2.24) is 10.2 Å². The minimum atomic E-state index is 0.622. The third-order valence-corrected chi connectivity index (χ3v) is 5.53. The van der Waals surface area contributed by atoms with Gasteiger partial charge in [0.05, 0.1) is 13.2 Å². The molecular weight excluding hydrogens is 236 g/mol. The van der Waals surface area contributed by atoms with E-state index < -0.39 is 0 Å². The predicted molar refractivity (Wildman–Crippen MR) is 78.3 cm³/mol. The number of hydrogen-bond acceptors (Lipinski definition) is 3. The topological polar surface area (TPSA) is 24.5 Å². The van der Waals surface area contributed by atoms with Crippen LogP contribution in [0.1, 0.15) is 39.0 Å². The summed E-state index contributed by atoms with van der Waals surface area (Å²) in [5.41, 5.74) is 0. The van der Waals surface area contributed by atoms with Gasteiger partial charge in [-0.05, 0) is 56.9 Å². The van der Waals surface area contributed by atoms with E-state index in [1.165, 1.54) is 38.8 Å². The molecule has 3 fully saturated rings. The molecule has 3 aliphatic rings. The largest absolute Gasteiger partial charge is 0.379 e. The Kier molecular flexibility index (Phi) is 4.78. The summed E-state index contributed by atoms with van der Waals surface area (Å²) in [6.45, 7) is 8.78. The molecule has 3 rings (SSSR count). The van der Waals surface area contributed by atoms with Gasteiger partial charge in [-0.2, -0.15) is 0 Å². The molecule has 0 aromatic rings. The van der Waals surface area contributed by atoms with Crippen LogP contribution < -0.4 is 5.32 Å². The minimum absolute atomic E-state index is 0.622. The van der Waals surface area contributed by atoms with Gasteiger partial charge in [0.15, 0.2) is 0 Å². The first kappa shape index (κ1) is 13.8. The maximum atomic E-state index is 5.40. The lowest BCUT2D eigenvalue weighted by Gasteiger charge is -2.30. The van der Waals surface area contributed by atoms with Gasteiger partial charge in [0.25, 0.3) is 0 Å². The van der Waals surface area contributed by atoms with Gasteiger partial charge in [0, 0.05) is 25.7 Å². The van der Waals surface area contributed by atoms with E-state index in [-0.39, 0.29) is 0 Å². The summed E-state index contributed by atoms with van der Waals surface area (Å²) in [5.74, 6) is 3.23. The van der Waals surface area contributed by atoms with Crippen LogP contribution in [0.3, 0.4) is 0 Å². The SMILES string of the molecule is CC(CN1CCOCC1)NCCC1CC2CCC1C2. The molecule has 3 heteroatoms. The van der Waals surface area contributed by atoms with E-state index in [0.717, 1.165) is 44.1 Å². The van der Waals surface area contributed by atoms with Crippen molar-refractivity contribution in [1.29, 1.82) is 0 Å². The summed E-state index contributed by atoms with van der Waals surface area (Å²) in [7, 11) is 0. The normalized spacial score (nSPS) is 36.8. The van der Waals surface area contributed by atoms with Crippen LogP contribution in [0.5, 0.6) is 0 Å². The Morgan fingerprint density at radius 1 is 1.21 bits per heavy atom. The predicted octanol–water partition coefficient (Wildman–Crippen LogP) is 2.12. The summed E-state index contributed by atoms with van der Waals surface area (Å²) >= 11 is 0. The van der Waals surface area contributed by atoms with Crippen LogP contribution in [0.15, 0.2) is 0 Å². The molecule has 0 radical (unpaired) electrons. The number of hydrogen-bond donors (Lipinski definition) is 1. The molecule has 0 aromatic carbocycles. The second kappa shape index (κ2) is 6.55. The lowest BCUT2D eigenvalue weighted by molar-refractivity contribution is 0.0343. The van der Waals surface area contributed by atoms with Crippen LogP contribution in [0.2, 0.25) is 0 Å². The van der Waals surface area contributed by atoms with Crippen molar-refractivity contribution in [2.75, 3.05) is 39.4 Å². The Hall–Kier alpha value is -0.120. The smallest absolute Gasteiger partial charge is 0.0594 e. The molecule has 110 valence electrons. The van der Waals surface area contributed by atoms with Gasteiger partial charge in [-0.3, -0.25) is 4.90 Å². The lowest BCUT2D eigenvalue weighted by Crippen LogP contribution is -2.44. The van der Waals surface area contributed by atoms with E-state index in [0.29, 0.717) is 6.04 Å². The van der Waals surface area contributed by atoms with Gasteiger partial charge in [-0.25, -0.2) is 0 Å². The van der Waals surface area contributed by atoms with Gasteiger partial charge < -0.3 is 10.1 Å². The van der Waals surface area contributed by atoms with Crippen LogP contribution in [-0.4, -0.2) is 50.3 Å². The van der Waals surface area contributed by atoms with Crippen molar-refractivity contribution >= 4 is 0 Å². The summed E-state index contributed by atoms with van der Waals surface area (Å²) in [5, 5.41) is 3.73. The number of nitrogens with zero attached hydrogens (tertiary/aromatic N) is 1. The molecule has 2 bridgehead atoms. The zero-order valence-corrected chi connectivity index (χ0v) is 12.4. The van der Waals surface area contributed by atoms with Crippen molar-refractivity contribution in [2.45, 2.75) is 45.1 Å². The Bertz CT molecular complexity index is 278. The molecule has 0 amide bonds. The zero-order valence-electron chi connectivity index (χ0n) is 12.4. The monoisotopic (exact) mass is 266 g/mol.